The first kappa shape index (κ1) is 17.4. The van der Waals surface area contributed by atoms with Gasteiger partial charge in [0.1, 0.15) is 6.10 Å². The van der Waals surface area contributed by atoms with Gasteiger partial charge < -0.3 is 14.4 Å². The third-order valence-corrected chi connectivity index (χ3v) is 5.28. The van der Waals surface area contributed by atoms with Crippen molar-refractivity contribution in [1.29, 1.82) is 0 Å². The van der Waals surface area contributed by atoms with E-state index in [0.29, 0.717) is 36.4 Å². The molecule has 0 aliphatic carbocycles. The van der Waals surface area contributed by atoms with Crippen LogP contribution in [0.1, 0.15) is 42.4 Å². The lowest BCUT2D eigenvalue weighted by atomic mass is 9.97. The second kappa shape index (κ2) is 6.59. The molecular formula is C19H22ClN3O3. The topological polar surface area (TPSA) is 56.6 Å². The predicted octanol–water partition coefficient (Wildman–Crippen LogP) is 3.31. The Morgan fingerprint density at radius 3 is 2.92 bits per heavy atom. The van der Waals surface area contributed by atoms with Crippen molar-refractivity contribution in [1.82, 2.24) is 14.7 Å². The molecule has 2 aliphatic rings. The maximum Gasteiger partial charge on any atom is 0.275 e. The third-order valence-electron chi connectivity index (χ3n) is 4.94. The van der Waals surface area contributed by atoms with Crippen molar-refractivity contribution < 1.29 is 14.3 Å². The van der Waals surface area contributed by atoms with E-state index in [2.05, 4.69) is 5.10 Å². The highest BCUT2D eigenvalue weighted by Gasteiger charge is 2.40. The van der Waals surface area contributed by atoms with Crippen LogP contribution in [0, 0.1) is 0 Å². The Morgan fingerprint density at radius 2 is 2.15 bits per heavy atom. The summed E-state index contributed by atoms with van der Waals surface area (Å²) < 4.78 is 13.4. The number of hydrogen-bond donors (Lipinski definition) is 0. The third kappa shape index (κ3) is 3.08. The highest BCUT2D eigenvalue weighted by Crippen LogP contribution is 2.34. The van der Waals surface area contributed by atoms with Gasteiger partial charge in [0.15, 0.2) is 5.69 Å². The van der Waals surface area contributed by atoms with Gasteiger partial charge in [-0.3, -0.25) is 4.79 Å². The molecule has 2 aromatic rings. The molecular weight excluding hydrogens is 354 g/mol. The van der Waals surface area contributed by atoms with Crippen LogP contribution in [0.4, 0.5) is 0 Å². The summed E-state index contributed by atoms with van der Waals surface area (Å²) >= 11 is 6.33. The smallest absolute Gasteiger partial charge is 0.275 e. The SMILES string of the molecule is CC1(C)CO[C@@H](c2ccccc2Cl)CN1C(=O)c1cc2n(n1)CCCO2. The molecule has 0 N–H and O–H groups in total. The highest BCUT2D eigenvalue weighted by atomic mass is 35.5. The molecule has 0 unspecified atom stereocenters. The van der Waals surface area contributed by atoms with E-state index in [0.717, 1.165) is 18.5 Å². The Hall–Kier alpha value is -2.05. The fraction of sp³-hybridized carbons (Fsp3) is 0.474. The second-order valence-electron chi connectivity index (χ2n) is 7.34. The summed E-state index contributed by atoms with van der Waals surface area (Å²) in [6.45, 7) is 6.30. The van der Waals surface area contributed by atoms with E-state index < -0.39 is 5.54 Å². The normalized spacial score (nSPS) is 21.8. The standard InChI is InChI=1S/C19H22ClN3O3/c1-19(2)12-26-16(13-6-3-4-7-14(13)20)11-22(19)18(24)15-10-17-23(21-15)8-5-9-25-17/h3-4,6-7,10,16H,5,8-9,11-12H2,1-2H3/t16-/m1/s1. The van der Waals surface area contributed by atoms with Crippen LogP contribution >= 0.6 is 11.6 Å². The number of aromatic nitrogens is 2. The number of nitrogens with zero attached hydrogens (tertiary/aromatic N) is 3. The molecule has 1 atom stereocenters. The van der Waals surface area contributed by atoms with Crippen LogP contribution in [0.2, 0.25) is 5.02 Å². The Bertz CT molecular complexity index is 810. The molecule has 1 saturated heterocycles. The van der Waals surface area contributed by atoms with Crippen LogP contribution in [0.25, 0.3) is 0 Å². The molecule has 0 radical (unpaired) electrons. The van der Waals surface area contributed by atoms with Gasteiger partial charge in [0.05, 0.1) is 25.3 Å². The Kier molecular flexibility index (Phi) is 4.40. The highest BCUT2D eigenvalue weighted by molar-refractivity contribution is 6.31. The molecule has 0 saturated carbocycles. The molecule has 138 valence electrons. The van der Waals surface area contributed by atoms with E-state index in [1.165, 1.54) is 0 Å². The second-order valence-corrected chi connectivity index (χ2v) is 7.75. The number of benzene rings is 1. The van der Waals surface area contributed by atoms with Crippen LogP contribution in [0.3, 0.4) is 0 Å². The van der Waals surface area contributed by atoms with E-state index in [1.54, 1.807) is 10.7 Å². The summed E-state index contributed by atoms with van der Waals surface area (Å²) in [5.74, 6) is 0.550. The zero-order chi connectivity index (χ0) is 18.3. The van der Waals surface area contributed by atoms with Crippen molar-refractivity contribution in [2.24, 2.45) is 0 Å². The first-order valence-corrected chi connectivity index (χ1v) is 9.22. The predicted molar refractivity (Wildman–Crippen MR) is 97.6 cm³/mol. The summed E-state index contributed by atoms with van der Waals surface area (Å²) in [6.07, 6.45) is 0.647. The molecule has 1 aromatic carbocycles. The number of hydrogen-bond acceptors (Lipinski definition) is 4. The molecule has 6 nitrogen and oxygen atoms in total. The van der Waals surface area contributed by atoms with Gasteiger partial charge in [-0.25, -0.2) is 4.68 Å². The van der Waals surface area contributed by atoms with Gasteiger partial charge >= 0.3 is 0 Å². The van der Waals surface area contributed by atoms with E-state index in [9.17, 15) is 4.79 Å². The van der Waals surface area contributed by atoms with Gasteiger partial charge in [-0.2, -0.15) is 5.10 Å². The minimum atomic E-state index is -0.431. The number of carbonyl (C=O) groups is 1. The molecule has 4 rings (SSSR count). The maximum absolute atomic E-state index is 13.2. The summed E-state index contributed by atoms with van der Waals surface area (Å²) in [7, 11) is 0. The fourth-order valence-corrected chi connectivity index (χ4v) is 3.70. The quantitative estimate of drug-likeness (QED) is 0.808. The number of fused-ring (bicyclic) bond motifs is 1. The van der Waals surface area contributed by atoms with E-state index >= 15 is 0 Å². The number of halogens is 1. The molecule has 26 heavy (non-hydrogen) atoms. The Balaban J connectivity index is 1.61. The number of carbonyl (C=O) groups excluding carboxylic acids is 1. The summed E-state index contributed by atoms with van der Waals surface area (Å²) in [4.78, 5) is 15.0. The number of rotatable bonds is 2. The average Bonchev–Trinajstić information content (AvgIpc) is 3.06. The Labute approximate surface area is 157 Å². The lowest BCUT2D eigenvalue weighted by molar-refractivity contribution is -0.0848. The van der Waals surface area contributed by atoms with Gasteiger partial charge in [-0.05, 0) is 19.9 Å². The molecule has 0 bridgehead atoms. The molecule has 3 heterocycles. The zero-order valence-corrected chi connectivity index (χ0v) is 15.7. The van der Waals surface area contributed by atoms with Gasteiger partial charge in [0, 0.05) is 29.6 Å². The largest absolute Gasteiger partial charge is 0.478 e. The lowest BCUT2D eigenvalue weighted by Crippen LogP contribution is -2.56. The zero-order valence-electron chi connectivity index (χ0n) is 14.9. The van der Waals surface area contributed by atoms with E-state index in [4.69, 9.17) is 21.1 Å². The van der Waals surface area contributed by atoms with Gasteiger partial charge in [-0.15, -0.1) is 0 Å². The van der Waals surface area contributed by atoms with Crippen LogP contribution in [-0.4, -0.2) is 45.9 Å². The monoisotopic (exact) mass is 375 g/mol. The number of aryl methyl sites for hydroxylation is 1. The van der Waals surface area contributed by atoms with Crippen molar-refractivity contribution in [3.8, 4) is 5.88 Å². The minimum Gasteiger partial charge on any atom is -0.478 e. The molecule has 1 amide bonds. The molecule has 0 spiro atoms. The van der Waals surface area contributed by atoms with Crippen LogP contribution in [0.15, 0.2) is 30.3 Å². The summed E-state index contributed by atoms with van der Waals surface area (Å²) in [5.41, 5.74) is 0.879. The molecule has 2 aliphatic heterocycles. The number of amides is 1. The number of ether oxygens (including phenoxy) is 2. The van der Waals surface area contributed by atoms with Crippen molar-refractivity contribution in [2.75, 3.05) is 19.8 Å². The first-order chi connectivity index (χ1) is 12.5. The van der Waals surface area contributed by atoms with E-state index in [-0.39, 0.29) is 12.0 Å². The van der Waals surface area contributed by atoms with E-state index in [1.807, 2.05) is 43.0 Å². The van der Waals surface area contributed by atoms with Gasteiger partial charge in [-0.1, -0.05) is 29.8 Å². The van der Waals surface area contributed by atoms with Crippen LogP contribution in [-0.2, 0) is 11.3 Å². The van der Waals surface area contributed by atoms with Crippen molar-refractivity contribution in [3.63, 3.8) is 0 Å². The summed E-state index contributed by atoms with van der Waals surface area (Å²) in [5, 5.41) is 5.09. The maximum atomic E-state index is 13.2. The van der Waals surface area contributed by atoms with Crippen LogP contribution < -0.4 is 4.74 Å². The molecule has 1 aromatic heterocycles. The minimum absolute atomic E-state index is 0.110. The number of morpholine rings is 1. The Morgan fingerprint density at radius 1 is 1.35 bits per heavy atom. The summed E-state index contributed by atoms with van der Waals surface area (Å²) in [6, 6.07) is 9.33. The van der Waals surface area contributed by atoms with Gasteiger partial charge in [0.2, 0.25) is 5.88 Å². The lowest BCUT2D eigenvalue weighted by Gasteiger charge is -2.45. The van der Waals surface area contributed by atoms with Crippen LogP contribution in [0.5, 0.6) is 5.88 Å². The van der Waals surface area contributed by atoms with Crippen molar-refractivity contribution in [3.05, 3.63) is 46.6 Å². The molecule has 1 fully saturated rings. The fourth-order valence-electron chi connectivity index (χ4n) is 3.44. The first-order valence-electron chi connectivity index (χ1n) is 8.84. The average molecular weight is 376 g/mol. The van der Waals surface area contributed by atoms with Gasteiger partial charge in [0.25, 0.3) is 5.91 Å². The van der Waals surface area contributed by atoms with Crippen molar-refractivity contribution in [2.45, 2.75) is 38.5 Å². The molecule has 7 heteroatoms. The van der Waals surface area contributed by atoms with Crippen molar-refractivity contribution >= 4 is 17.5 Å².